The lowest BCUT2D eigenvalue weighted by Gasteiger charge is -2.37. The van der Waals surface area contributed by atoms with E-state index in [1.54, 1.807) is 13.0 Å². The number of unbranched alkanes of at least 4 members (excludes halogenated alkanes) is 1. The minimum Gasteiger partial charge on any atom is -0.463 e. The van der Waals surface area contributed by atoms with Crippen molar-refractivity contribution in [3.8, 4) is 0 Å². The van der Waals surface area contributed by atoms with E-state index in [-0.39, 0.29) is 11.6 Å². The quantitative estimate of drug-likeness (QED) is 0.338. The number of rotatable bonds is 6. The first-order valence-electron chi connectivity index (χ1n) is 8.44. The summed E-state index contributed by atoms with van der Waals surface area (Å²) in [5.41, 5.74) is 0.985. The van der Waals surface area contributed by atoms with Crippen LogP contribution in [0.25, 0.3) is 5.57 Å². The maximum atomic E-state index is 12.5. The van der Waals surface area contributed by atoms with E-state index in [2.05, 4.69) is 4.98 Å². The average molecular weight is 348 g/mol. The van der Waals surface area contributed by atoms with Crippen LogP contribution in [0.1, 0.15) is 46.2 Å². The van der Waals surface area contributed by atoms with Gasteiger partial charge in [-0.25, -0.2) is 9.78 Å². The smallest absolute Gasteiger partial charge is 0.342 e. The number of nitro groups is 1. The van der Waals surface area contributed by atoms with Gasteiger partial charge in [-0.1, -0.05) is 20.3 Å². The Morgan fingerprint density at radius 3 is 2.80 bits per heavy atom. The number of hydrogen-bond acceptors (Lipinski definition) is 6. The Bertz CT molecular complexity index is 683. The summed E-state index contributed by atoms with van der Waals surface area (Å²) in [6.45, 7) is 8.25. The summed E-state index contributed by atoms with van der Waals surface area (Å²) in [4.78, 5) is 27.1. The molecule has 7 nitrogen and oxygen atoms in total. The second-order valence-electron chi connectivity index (χ2n) is 6.43. The fraction of sp³-hybridized carbons (Fsp3) is 0.556. The van der Waals surface area contributed by atoms with Crippen molar-refractivity contribution in [1.82, 2.24) is 4.98 Å². The summed E-state index contributed by atoms with van der Waals surface area (Å²) in [5.74, 6) is -0.393. The van der Waals surface area contributed by atoms with Crippen LogP contribution >= 0.6 is 0 Å². The van der Waals surface area contributed by atoms with Gasteiger partial charge in [0.15, 0.2) is 5.60 Å². The second kappa shape index (κ2) is 7.74. The fourth-order valence-corrected chi connectivity index (χ4v) is 2.87. The Morgan fingerprint density at radius 2 is 2.24 bits per heavy atom. The van der Waals surface area contributed by atoms with Crippen LogP contribution in [0.5, 0.6) is 0 Å². The normalized spacial score (nSPS) is 23.4. The van der Waals surface area contributed by atoms with E-state index >= 15 is 0 Å². The van der Waals surface area contributed by atoms with Gasteiger partial charge >= 0.3 is 5.97 Å². The summed E-state index contributed by atoms with van der Waals surface area (Å²) in [7, 11) is 0. The molecule has 1 aromatic heterocycles. The van der Waals surface area contributed by atoms with Crippen LogP contribution < -0.4 is 0 Å². The predicted octanol–water partition coefficient (Wildman–Crippen LogP) is 3.53. The van der Waals surface area contributed by atoms with Crippen LogP contribution in [0.3, 0.4) is 0 Å². The summed E-state index contributed by atoms with van der Waals surface area (Å²) >= 11 is 0. The van der Waals surface area contributed by atoms with E-state index in [1.165, 1.54) is 12.3 Å². The highest BCUT2D eigenvalue weighted by Gasteiger charge is 2.44. The van der Waals surface area contributed by atoms with Crippen LogP contribution in [0, 0.1) is 16.0 Å². The van der Waals surface area contributed by atoms with E-state index < -0.39 is 16.5 Å². The number of carbonyl (C=O) groups is 1. The van der Waals surface area contributed by atoms with Gasteiger partial charge in [0.25, 0.3) is 5.69 Å². The van der Waals surface area contributed by atoms with Crippen molar-refractivity contribution >= 4 is 17.2 Å². The molecule has 7 heteroatoms. The lowest BCUT2D eigenvalue weighted by molar-refractivity contribution is -0.385. The molecule has 1 aliphatic rings. The zero-order valence-electron chi connectivity index (χ0n) is 15.1. The second-order valence-corrected chi connectivity index (χ2v) is 6.43. The summed E-state index contributed by atoms with van der Waals surface area (Å²) in [6.07, 6.45) is 2.97. The van der Waals surface area contributed by atoms with Gasteiger partial charge in [-0.3, -0.25) is 10.1 Å². The molecule has 1 aromatic rings. The van der Waals surface area contributed by atoms with Crippen molar-refractivity contribution in [1.29, 1.82) is 0 Å². The molecule has 1 aliphatic heterocycles. The molecule has 2 unspecified atom stereocenters. The first kappa shape index (κ1) is 19.1. The van der Waals surface area contributed by atoms with E-state index in [9.17, 15) is 14.9 Å². The molecule has 2 rings (SSSR count). The van der Waals surface area contributed by atoms with Crippen LogP contribution in [-0.2, 0) is 14.3 Å². The SMILES string of the molecule is CCCCOC(=O)C1(C)OCC(C)C(c2ccc([N+](=O)[O-])cn2)=C1C. The van der Waals surface area contributed by atoms with Gasteiger partial charge in [0.2, 0.25) is 0 Å². The van der Waals surface area contributed by atoms with Gasteiger partial charge in [0.05, 0.1) is 23.8 Å². The zero-order valence-corrected chi connectivity index (χ0v) is 15.1. The number of pyridine rings is 1. The standard InChI is InChI=1S/C18H24N2O5/c1-5-6-9-24-17(21)18(4)13(3)16(12(2)11-25-18)15-8-7-14(10-19-15)20(22)23/h7-8,10,12H,5-6,9,11H2,1-4H3. The molecule has 0 fully saturated rings. The van der Waals surface area contributed by atoms with Crippen LogP contribution in [0.2, 0.25) is 0 Å². The van der Waals surface area contributed by atoms with E-state index in [4.69, 9.17) is 9.47 Å². The van der Waals surface area contributed by atoms with Crippen LogP contribution in [0.15, 0.2) is 23.9 Å². The highest BCUT2D eigenvalue weighted by Crippen LogP contribution is 2.39. The van der Waals surface area contributed by atoms with Crippen molar-refractivity contribution < 1.29 is 19.2 Å². The number of carbonyl (C=O) groups excluding carboxylic acids is 1. The molecular weight excluding hydrogens is 324 g/mol. The number of hydrogen-bond donors (Lipinski definition) is 0. The molecule has 2 atom stereocenters. The van der Waals surface area contributed by atoms with Crippen molar-refractivity contribution in [3.05, 3.63) is 39.7 Å². The molecule has 0 aromatic carbocycles. The molecule has 136 valence electrons. The maximum absolute atomic E-state index is 12.5. The number of aromatic nitrogens is 1. The minimum absolute atomic E-state index is 0.0190. The monoisotopic (exact) mass is 348 g/mol. The summed E-state index contributed by atoms with van der Waals surface area (Å²) < 4.78 is 11.2. The molecule has 25 heavy (non-hydrogen) atoms. The zero-order chi connectivity index (χ0) is 18.6. The lowest BCUT2D eigenvalue weighted by Crippen LogP contribution is -2.46. The average Bonchev–Trinajstić information content (AvgIpc) is 2.59. The first-order valence-corrected chi connectivity index (χ1v) is 8.44. The Hall–Kier alpha value is -2.28. The highest BCUT2D eigenvalue weighted by molar-refractivity contribution is 5.88. The predicted molar refractivity (Wildman–Crippen MR) is 92.9 cm³/mol. The van der Waals surface area contributed by atoms with Crippen LogP contribution in [-0.4, -0.2) is 34.7 Å². The van der Waals surface area contributed by atoms with Gasteiger partial charge in [-0.2, -0.15) is 0 Å². The van der Waals surface area contributed by atoms with Crippen molar-refractivity contribution in [2.45, 2.75) is 46.1 Å². The summed E-state index contributed by atoms with van der Waals surface area (Å²) in [5, 5.41) is 10.8. The van der Waals surface area contributed by atoms with Crippen molar-refractivity contribution in [2.75, 3.05) is 13.2 Å². The molecule has 0 spiro atoms. The van der Waals surface area contributed by atoms with Gasteiger partial charge in [-0.05, 0) is 37.5 Å². The maximum Gasteiger partial charge on any atom is 0.342 e. The Kier molecular flexibility index (Phi) is 5.89. The molecule has 0 bridgehead atoms. The van der Waals surface area contributed by atoms with E-state index in [0.717, 1.165) is 24.0 Å². The van der Waals surface area contributed by atoms with Gasteiger partial charge < -0.3 is 9.47 Å². The third-order valence-electron chi connectivity index (χ3n) is 4.59. The molecule has 0 N–H and O–H groups in total. The summed E-state index contributed by atoms with van der Waals surface area (Å²) in [6, 6.07) is 3.03. The molecular formula is C18H24N2O5. The Morgan fingerprint density at radius 1 is 1.52 bits per heavy atom. The molecule has 0 radical (unpaired) electrons. The Labute approximate surface area is 147 Å². The van der Waals surface area contributed by atoms with Crippen LogP contribution in [0.4, 0.5) is 5.69 Å². The molecule has 2 heterocycles. The van der Waals surface area contributed by atoms with Gasteiger partial charge in [0, 0.05) is 12.0 Å². The first-order chi connectivity index (χ1) is 11.8. The lowest BCUT2D eigenvalue weighted by atomic mass is 9.82. The van der Waals surface area contributed by atoms with Gasteiger partial charge in [0.1, 0.15) is 6.20 Å². The van der Waals surface area contributed by atoms with Gasteiger partial charge in [-0.15, -0.1) is 0 Å². The largest absolute Gasteiger partial charge is 0.463 e. The minimum atomic E-state index is -1.17. The Balaban J connectivity index is 2.36. The number of nitrogens with zero attached hydrogens (tertiary/aromatic N) is 2. The van der Waals surface area contributed by atoms with Crippen molar-refractivity contribution in [3.63, 3.8) is 0 Å². The fourth-order valence-electron chi connectivity index (χ4n) is 2.87. The number of esters is 1. The third kappa shape index (κ3) is 3.87. The van der Waals surface area contributed by atoms with E-state index in [0.29, 0.717) is 18.9 Å². The number of ether oxygens (including phenoxy) is 2. The topological polar surface area (TPSA) is 91.6 Å². The third-order valence-corrected chi connectivity index (χ3v) is 4.59. The molecule has 0 saturated heterocycles. The highest BCUT2D eigenvalue weighted by atomic mass is 16.6. The van der Waals surface area contributed by atoms with Crippen molar-refractivity contribution in [2.24, 2.45) is 5.92 Å². The molecule has 0 aliphatic carbocycles. The van der Waals surface area contributed by atoms with E-state index in [1.807, 2.05) is 20.8 Å². The molecule has 0 saturated carbocycles. The molecule has 0 amide bonds.